The number of aromatic carboxylic acids is 1. The third kappa shape index (κ3) is 4.08. The molecule has 0 aliphatic carbocycles. The second kappa shape index (κ2) is 8.69. The highest BCUT2D eigenvalue weighted by molar-refractivity contribution is 7.98. The Bertz CT molecular complexity index is 1210. The third-order valence-electron chi connectivity index (χ3n) is 4.41. The molecule has 0 saturated carbocycles. The van der Waals surface area contributed by atoms with Gasteiger partial charge in [0.25, 0.3) is 0 Å². The van der Waals surface area contributed by atoms with Crippen molar-refractivity contribution in [3.8, 4) is 17.1 Å². The van der Waals surface area contributed by atoms with Crippen LogP contribution in [-0.2, 0) is 5.75 Å². The van der Waals surface area contributed by atoms with Crippen LogP contribution in [0.2, 0.25) is 5.02 Å². The number of para-hydroxylation sites is 1. The van der Waals surface area contributed by atoms with E-state index in [4.69, 9.17) is 16.7 Å². The number of aromatic nitrogens is 3. The fraction of sp³-hybridized carbons (Fsp3) is 0.0455. The van der Waals surface area contributed by atoms with Gasteiger partial charge in [0, 0.05) is 11.3 Å². The lowest BCUT2D eigenvalue weighted by molar-refractivity contribution is 0.0697. The minimum atomic E-state index is -0.974. The minimum Gasteiger partial charge on any atom is -0.478 e. The van der Waals surface area contributed by atoms with Crippen molar-refractivity contribution in [3.05, 3.63) is 94.8 Å². The van der Waals surface area contributed by atoms with Crippen LogP contribution in [0.4, 0.5) is 4.39 Å². The van der Waals surface area contributed by atoms with E-state index in [1.165, 1.54) is 17.8 Å². The van der Waals surface area contributed by atoms with E-state index in [2.05, 4.69) is 10.2 Å². The van der Waals surface area contributed by atoms with Crippen molar-refractivity contribution in [1.29, 1.82) is 0 Å². The van der Waals surface area contributed by atoms with E-state index in [1.807, 2.05) is 18.2 Å². The predicted molar refractivity (Wildman–Crippen MR) is 115 cm³/mol. The summed E-state index contributed by atoms with van der Waals surface area (Å²) < 4.78 is 16.3. The predicted octanol–water partition coefficient (Wildman–Crippen LogP) is 5.72. The van der Waals surface area contributed by atoms with Crippen LogP contribution < -0.4 is 0 Å². The number of nitrogens with zero attached hydrogens (tertiary/aromatic N) is 3. The first kappa shape index (κ1) is 20.1. The molecule has 150 valence electrons. The highest BCUT2D eigenvalue weighted by Crippen LogP contribution is 2.33. The summed E-state index contributed by atoms with van der Waals surface area (Å²) >= 11 is 7.72. The number of halogens is 2. The van der Waals surface area contributed by atoms with Gasteiger partial charge in [-0.05, 0) is 42.0 Å². The quantitative estimate of drug-likeness (QED) is 0.389. The zero-order valence-corrected chi connectivity index (χ0v) is 17.1. The minimum absolute atomic E-state index is 0.222. The highest BCUT2D eigenvalue weighted by atomic mass is 35.5. The first-order chi connectivity index (χ1) is 14.5. The van der Waals surface area contributed by atoms with Crippen LogP contribution in [0.5, 0.6) is 0 Å². The summed E-state index contributed by atoms with van der Waals surface area (Å²) in [5, 5.41) is 18.6. The molecule has 0 fully saturated rings. The van der Waals surface area contributed by atoms with Crippen LogP contribution in [0.1, 0.15) is 15.9 Å². The molecule has 0 aliphatic heterocycles. The van der Waals surface area contributed by atoms with E-state index >= 15 is 0 Å². The molecule has 5 nitrogen and oxygen atoms in total. The van der Waals surface area contributed by atoms with Crippen molar-refractivity contribution in [3.63, 3.8) is 0 Å². The molecule has 0 radical (unpaired) electrons. The first-order valence-corrected chi connectivity index (χ1v) is 10.3. The van der Waals surface area contributed by atoms with Gasteiger partial charge in [0.2, 0.25) is 0 Å². The van der Waals surface area contributed by atoms with Crippen molar-refractivity contribution in [2.24, 2.45) is 0 Å². The van der Waals surface area contributed by atoms with Crippen LogP contribution >= 0.6 is 23.4 Å². The van der Waals surface area contributed by atoms with Crippen LogP contribution in [-0.4, -0.2) is 25.8 Å². The molecule has 3 aromatic carbocycles. The lowest BCUT2D eigenvalue weighted by atomic mass is 10.1. The van der Waals surface area contributed by atoms with Crippen molar-refractivity contribution in [2.75, 3.05) is 0 Å². The first-order valence-electron chi connectivity index (χ1n) is 8.95. The number of carboxylic acids is 1. The molecule has 0 saturated heterocycles. The number of benzene rings is 3. The smallest absolute Gasteiger partial charge is 0.335 e. The molecule has 0 amide bonds. The van der Waals surface area contributed by atoms with E-state index < -0.39 is 11.8 Å². The van der Waals surface area contributed by atoms with Crippen LogP contribution in [0.3, 0.4) is 0 Å². The summed E-state index contributed by atoms with van der Waals surface area (Å²) in [4.78, 5) is 11.0. The number of hydrogen-bond donors (Lipinski definition) is 1. The van der Waals surface area contributed by atoms with Crippen LogP contribution in [0.15, 0.2) is 78.0 Å². The monoisotopic (exact) mass is 439 g/mol. The summed E-state index contributed by atoms with van der Waals surface area (Å²) in [7, 11) is 0. The summed E-state index contributed by atoms with van der Waals surface area (Å²) in [6, 6.07) is 20.2. The van der Waals surface area contributed by atoms with Gasteiger partial charge in [0.1, 0.15) is 5.82 Å². The van der Waals surface area contributed by atoms with E-state index in [9.17, 15) is 9.18 Å². The normalized spacial score (nSPS) is 10.9. The van der Waals surface area contributed by atoms with Gasteiger partial charge in [-0.2, -0.15) is 0 Å². The fourth-order valence-corrected chi connectivity index (χ4v) is 4.04. The van der Waals surface area contributed by atoms with Gasteiger partial charge in [-0.15, -0.1) is 10.2 Å². The van der Waals surface area contributed by atoms with Crippen molar-refractivity contribution >= 4 is 29.3 Å². The lowest BCUT2D eigenvalue weighted by Gasteiger charge is -2.12. The Kier molecular flexibility index (Phi) is 5.83. The second-order valence-corrected chi connectivity index (χ2v) is 7.71. The Labute approximate surface area is 181 Å². The van der Waals surface area contributed by atoms with Gasteiger partial charge < -0.3 is 5.11 Å². The number of carbonyl (C=O) groups is 1. The summed E-state index contributed by atoms with van der Waals surface area (Å²) in [5.74, 6) is -0.430. The number of hydrogen-bond acceptors (Lipinski definition) is 4. The number of carboxylic acid groups (broad SMARTS) is 1. The molecule has 1 N–H and O–H groups in total. The summed E-state index contributed by atoms with van der Waals surface area (Å²) in [5.41, 5.74) is 2.10. The standard InChI is InChI=1S/C22H15ClFN3O2S/c23-17-6-2-1-5-16(17)20-25-26-22(27(20)19-8-4-3-7-18(19)24)30-13-14-9-11-15(12-10-14)21(28)29/h1-12H,13H2,(H,28,29). The highest BCUT2D eigenvalue weighted by Gasteiger charge is 2.20. The van der Waals surface area contributed by atoms with Gasteiger partial charge in [-0.25, -0.2) is 9.18 Å². The fourth-order valence-electron chi connectivity index (χ4n) is 2.92. The SMILES string of the molecule is O=C(O)c1ccc(CSc2nnc(-c3ccccc3Cl)n2-c2ccccc2F)cc1. The Hall–Kier alpha value is -3.16. The van der Waals surface area contributed by atoms with Crippen LogP contribution in [0.25, 0.3) is 17.1 Å². The molecule has 0 bridgehead atoms. The molecule has 0 unspecified atom stereocenters. The van der Waals surface area contributed by atoms with Gasteiger partial charge in [0.05, 0.1) is 16.3 Å². The molecule has 1 heterocycles. The molecule has 4 rings (SSSR count). The summed E-state index contributed by atoms with van der Waals surface area (Å²) in [6.45, 7) is 0. The van der Waals surface area contributed by atoms with E-state index in [1.54, 1.807) is 53.1 Å². The average Bonchev–Trinajstić information content (AvgIpc) is 3.16. The molecule has 0 atom stereocenters. The van der Waals surface area contributed by atoms with Crippen molar-refractivity contribution in [1.82, 2.24) is 14.8 Å². The van der Waals surface area contributed by atoms with E-state index in [0.29, 0.717) is 33.0 Å². The second-order valence-electron chi connectivity index (χ2n) is 6.36. The summed E-state index contributed by atoms with van der Waals surface area (Å²) in [6.07, 6.45) is 0. The van der Waals surface area contributed by atoms with E-state index in [0.717, 1.165) is 5.56 Å². The largest absolute Gasteiger partial charge is 0.478 e. The number of thioether (sulfide) groups is 1. The van der Waals surface area contributed by atoms with Gasteiger partial charge in [-0.3, -0.25) is 4.57 Å². The van der Waals surface area contributed by atoms with Crippen molar-refractivity contribution < 1.29 is 14.3 Å². The topological polar surface area (TPSA) is 68.0 Å². The Morgan fingerprint density at radius 2 is 1.70 bits per heavy atom. The number of rotatable bonds is 6. The third-order valence-corrected chi connectivity index (χ3v) is 5.74. The molecule has 8 heteroatoms. The Balaban J connectivity index is 1.72. The maximum absolute atomic E-state index is 14.6. The molecular formula is C22H15ClFN3O2S. The maximum Gasteiger partial charge on any atom is 0.335 e. The molecule has 0 spiro atoms. The maximum atomic E-state index is 14.6. The average molecular weight is 440 g/mol. The van der Waals surface area contributed by atoms with E-state index in [-0.39, 0.29) is 5.56 Å². The van der Waals surface area contributed by atoms with Crippen molar-refractivity contribution in [2.45, 2.75) is 10.9 Å². The molecule has 0 aliphatic rings. The van der Waals surface area contributed by atoms with Gasteiger partial charge in [-0.1, -0.05) is 59.8 Å². The zero-order valence-electron chi connectivity index (χ0n) is 15.5. The van der Waals surface area contributed by atoms with Gasteiger partial charge >= 0.3 is 5.97 Å². The Morgan fingerprint density at radius 3 is 2.40 bits per heavy atom. The molecule has 30 heavy (non-hydrogen) atoms. The van der Waals surface area contributed by atoms with Gasteiger partial charge in [0.15, 0.2) is 11.0 Å². The molecule has 4 aromatic rings. The lowest BCUT2D eigenvalue weighted by Crippen LogP contribution is -2.02. The molecular weight excluding hydrogens is 425 g/mol. The Morgan fingerprint density at radius 1 is 1.00 bits per heavy atom. The molecule has 1 aromatic heterocycles. The van der Waals surface area contributed by atoms with Crippen LogP contribution in [0, 0.1) is 5.82 Å². The zero-order chi connectivity index (χ0) is 21.1.